The van der Waals surface area contributed by atoms with Gasteiger partial charge in [-0.05, 0) is 30.3 Å². The minimum atomic E-state index is 0.360. The number of thiophene rings is 1. The van der Waals surface area contributed by atoms with Crippen LogP contribution >= 0.6 is 22.9 Å². The Morgan fingerprint density at radius 2 is 2.10 bits per heavy atom. The van der Waals surface area contributed by atoms with Gasteiger partial charge in [-0.2, -0.15) is 0 Å². The Kier molecular flexibility index (Phi) is 3.44. The van der Waals surface area contributed by atoms with Gasteiger partial charge in [0.1, 0.15) is 5.82 Å². The second-order valence-corrected chi connectivity index (χ2v) is 6.96. The van der Waals surface area contributed by atoms with Crippen LogP contribution in [0.4, 0.5) is 5.69 Å². The summed E-state index contributed by atoms with van der Waals surface area (Å²) in [7, 11) is 0. The Morgan fingerprint density at radius 3 is 2.75 bits per heavy atom. The number of hydrogen-bond donors (Lipinski definition) is 1. The van der Waals surface area contributed by atoms with Gasteiger partial charge in [0, 0.05) is 16.5 Å². The monoisotopic (exact) mass is 305 g/mol. The van der Waals surface area contributed by atoms with E-state index in [-0.39, 0.29) is 0 Å². The molecule has 3 aromatic rings. The van der Waals surface area contributed by atoms with Crippen molar-refractivity contribution in [3.63, 3.8) is 0 Å². The van der Waals surface area contributed by atoms with E-state index in [0.717, 1.165) is 33.4 Å². The molecule has 0 saturated carbocycles. The molecule has 0 atom stereocenters. The lowest BCUT2D eigenvalue weighted by Gasteiger charge is -2.10. The molecular formula is C15H16ClN3S. The molecule has 2 heterocycles. The highest BCUT2D eigenvalue weighted by atomic mass is 35.5. The van der Waals surface area contributed by atoms with Crippen molar-refractivity contribution in [2.45, 2.75) is 26.3 Å². The Hall–Kier alpha value is -1.52. The third-order valence-electron chi connectivity index (χ3n) is 3.26. The van der Waals surface area contributed by atoms with Crippen molar-refractivity contribution < 1.29 is 0 Å². The zero-order chi connectivity index (χ0) is 14.3. The molecule has 0 amide bonds. The summed E-state index contributed by atoms with van der Waals surface area (Å²) >= 11 is 7.63. The van der Waals surface area contributed by atoms with Crippen LogP contribution in [0.5, 0.6) is 0 Å². The van der Waals surface area contributed by atoms with Crippen molar-refractivity contribution in [3.8, 4) is 0 Å². The van der Waals surface area contributed by atoms with Crippen LogP contribution in [-0.2, 0) is 6.54 Å². The van der Waals surface area contributed by atoms with Crippen LogP contribution in [0.15, 0.2) is 30.3 Å². The zero-order valence-electron chi connectivity index (χ0n) is 11.4. The highest BCUT2D eigenvalue weighted by Gasteiger charge is 2.14. The number of nitrogens with zero attached hydrogens (tertiary/aromatic N) is 2. The number of halogens is 1. The van der Waals surface area contributed by atoms with Crippen molar-refractivity contribution in [2.75, 3.05) is 5.73 Å². The average molecular weight is 306 g/mol. The number of hydrogen-bond acceptors (Lipinski definition) is 3. The maximum absolute atomic E-state index is 6.02. The summed E-state index contributed by atoms with van der Waals surface area (Å²) in [5.41, 5.74) is 8.67. The fourth-order valence-electron chi connectivity index (χ4n) is 2.36. The lowest BCUT2D eigenvalue weighted by atomic mass is 10.2. The Morgan fingerprint density at radius 1 is 1.30 bits per heavy atom. The number of nitrogens with two attached hydrogens (primary N) is 1. The molecule has 3 rings (SSSR count). The maximum Gasteiger partial charge on any atom is 0.112 e. The molecule has 0 spiro atoms. The quantitative estimate of drug-likeness (QED) is 0.724. The molecule has 0 fully saturated rings. The molecular weight excluding hydrogens is 290 g/mol. The number of anilines is 1. The molecule has 20 heavy (non-hydrogen) atoms. The summed E-state index contributed by atoms with van der Waals surface area (Å²) in [5.74, 6) is 1.44. The number of aromatic nitrogens is 2. The van der Waals surface area contributed by atoms with Gasteiger partial charge in [-0.15, -0.1) is 11.3 Å². The Bertz CT molecular complexity index is 758. The van der Waals surface area contributed by atoms with Gasteiger partial charge in [0.15, 0.2) is 0 Å². The van der Waals surface area contributed by atoms with Gasteiger partial charge in [-0.1, -0.05) is 25.4 Å². The molecule has 104 valence electrons. The van der Waals surface area contributed by atoms with Crippen LogP contribution < -0.4 is 5.73 Å². The van der Waals surface area contributed by atoms with Gasteiger partial charge >= 0.3 is 0 Å². The van der Waals surface area contributed by atoms with Gasteiger partial charge in [0.25, 0.3) is 0 Å². The van der Waals surface area contributed by atoms with Crippen molar-refractivity contribution in [3.05, 3.63) is 45.4 Å². The molecule has 0 bridgehead atoms. The average Bonchev–Trinajstić information content (AvgIpc) is 2.94. The van der Waals surface area contributed by atoms with Crippen LogP contribution in [0.25, 0.3) is 11.0 Å². The third kappa shape index (κ3) is 2.41. The molecule has 0 saturated heterocycles. The van der Waals surface area contributed by atoms with Gasteiger partial charge in [0.2, 0.25) is 0 Å². The van der Waals surface area contributed by atoms with Gasteiger partial charge in [-0.3, -0.25) is 0 Å². The molecule has 5 heteroatoms. The first-order valence-corrected chi connectivity index (χ1v) is 7.74. The number of rotatable bonds is 3. The number of imidazole rings is 1. The molecule has 2 N–H and O–H groups in total. The second-order valence-electron chi connectivity index (χ2n) is 5.16. The normalized spacial score (nSPS) is 11.6. The summed E-state index contributed by atoms with van der Waals surface area (Å²) < 4.78 is 3.07. The summed E-state index contributed by atoms with van der Waals surface area (Å²) in [6, 6.07) is 9.90. The highest BCUT2D eigenvalue weighted by molar-refractivity contribution is 7.16. The van der Waals surface area contributed by atoms with E-state index in [2.05, 4.69) is 24.5 Å². The fourth-order valence-corrected chi connectivity index (χ4v) is 3.44. The molecule has 2 aromatic heterocycles. The van der Waals surface area contributed by atoms with E-state index in [9.17, 15) is 0 Å². The van der Waals surface area contributed by atoms with Crippen molar-refractivity contribution in [1.29, 1.82) is 0 Å². The van der Waals surface area contributed by atoms with E-state index in [0.29, 0.717) is 5.92 Å². The molecule has 1 aromatic carbocycles. The van der Waals surface area contributed by atoms with Crippen LogP contribution in [0.2, 0.25) is 4.34 Å². The van der Waals surface area contributed by atoms with Gasteiger partial charge in [0.05, 0.1) is 21.9 Å². The number of benzene rings is 1. The fraction of sp³-hybridized carbons (Fsp3) is 0.267. The zero-order valence-corrected chi connectivity index (χ0v) is 13.0. The maximum atomic E-state index is 6.02. The first-order chi connectivity index (χ1) is 9.54. The summed E-state index contributed by atoms with van der Waals surface area (Å²) in [6.07, 6.45) is 0. The number of nitrogen functional groups attached to an aromatic ring is 1. The van der Waals surface area contributed by atoms with Crippen molar-refractivity contribution in [2.24, 2.45) is 0 Å². The van der Waals surface area contributed by atoms with Crippen LogP contribution in [0.3, 0.4) is 0 Å². The highest BCUT2D eigenvalue weighted by Crippen LogP contribution is 2.27. The SMILES string of the molecule is CC(C)c1nc2cc(N)ccc2n1Cc1ccc(Cl)s1. The lowest BCUT2D eigenvalue weighted by molar-refractivity contribution is 0.688. The molecule has 0 aliphatic rings. The minimum absolute atomic E-state index is 0.360. The second kappa shape index (κ2) is 5.11. The lowest BCUT2D eigenvalue weighted by Crippen LogP contribution is -2.05. The Labute approximate surface area is 127 Å². The predicted molar refractivity (Wildman–Crippen MR) is 86.7 cm³/mol. The topological polar surface area (TPSA) is 43.8 Å². The third-order valence-corrected chi connectivity index (χ3v) is 4.48. The number of fused-ring (bicyclic) bond motifs is 1. The molecule has 0 aliphatic heterocycles. The summed E-state index contributed by atoms with van der Waals surface area (Å²) in [5, 5.41) is 0. The van der Waals surface area contributed by atoms with Gasteiger partial charge in [-0.25, -0.2) is 4.98 Å². The minimum Gasteiger partial charge on any atom is -0.399 e. The molecule has 0 radical (unpaired) electrons. The van der Waals surface area contributed by atoms with E-state index in [4.69, 9.17) is 22.3 Å². The Balaban J connectivity index is 2.13. The van der Waals surface area contributed by atoms with Crippen LogP contribution in [0.1, 0.15) is 30.5 Å². The van der Waals surface area contributed by atoms with E-state index < -0.39 is 0 Å². The van der Waals surface area contributed by atoms with Crippen LogP contribution in [0, 0.1) is 0 Å². The summed E-state index contributed by atoms with van der Waals surface area (Å²) in [4.78, 5) is 5.96. The first-order valence-electron chi connectivity index (χ1n) is 6.54. The van der Waals surface area contributed by atoms with Crippen LogP contribution in [-0.4, -0.2) is 9.55 Å². The van der Waals surface area contributed by atoms with E-state index in [1.54, 1.807) is 11.3 Å². The van der Waals surface area contributed by atoms with E-state index >= 15 is 0 Å². The molecule has 0 unspecified atom stereocenters. The molecule has 3 nitrogen and oxygen atoms in total. The predicted octanol–water partition coefficient (Wildman–Crippen LogP) is 4.51. The van der Waals surface area contributed by atoms with Crippen molar-refractivity contribution in [1.82, 2.24) is 9.55 Å². The standard InChI is InChI=1S/C15H16ClN3S/c1-9(2)15-18-12-7-10(17)3-5-13(12)19(15)8-11-4-6-14(16)20-11/h3-7,9H,8,17H2,1-2H3. The van der Waals surface area contributed by atoms with E-state index in [1.807, 2.05) is 24.3 Å². The van der Waals surface area contributed by atoms with Gasteiger partial charge < -0.3 is 10.3 Å². The molecule has 0 aliphatic carbocycles. The van der Waals surface area contributed by atoms with Crippen molar-refractivity contribution >= 4 is 39.7 Å². The largest absolute Gasteiger partial charge is 0.399 e. The van der Waals surface area contributed by atoms with E-state index in [1.165, 1.54) is 4.88 Å². The smallest absolute Gasteiger partial charge is 0.112 e. The first kappa shape index (κ1) is 13.5. The summed E-state index contributed by atoms with van der Waals surface area (Å²) in [6.45, 7) is 5.11.